The number of H-pyrrole nitrogens is 1. The molecule has 6 heteroatoms. The number of amides is 1. The van der Waals surface area contributed by atoms with E-state index in [-0.39, 0.29) is 30.5 Å². The summed E-state index contributed by atoms with van der Waals surface area (Å²) in [7, 11) is 0. The molecule has 1 aromatic carbocycles. The van der Waals surface area contributed by atoms with Gasteiger partial charge in [0.25, 0.3) is 5.56 Å². The van der Waals surface area contributed by atoms with Crippen molar-refractivity contribution in [3.8, 4) is 0 Å². The van der Waals surface area contributed by atoms with Crippen LogP contribution in [0.25, 0.3) is 10.9 Å². The molecule has 2 N–H and O–H groups in total. The number of benzene rings is 1. The van der Waals surface area contributed by atoms with Crippen LogP contribution >= 0.6 is 12.2 Å². The van der Waals surface area contributed by atoms with Gasteiger partial charge in [0.2, 0.25) is 5.91 Å². The second-order valence-electron chi connectivity index (χ2n) is 5.06. The first kappa shape index (κ1) is 15.4. The van der Waals surface area contributed by atoms with Crippen molar-refractivity contribution in [1.82, 2.24) is 14.9 Å². The summed E-state index contributed by atoms with van der Waals surface area (Å²) in [4.78, 5) is 27.2. The van der Waals surface area contributed by atoms with Gasteiger partial charge in [0.1, 0.15) is 0 Å². The van der Waals surface area contributed by atoms with Crippen LogP contribution in [-0.2, 0) is 11.3 Å². The zero-order chi connectivity index (χ0) is 15.4. The lowest BCUT2D eigenvalue weighted by atomic mass is 10.2. The molecule has 0 aliphatic rings. The van der Waals surface area contributed by atoms with Crippen LogP contribution in [0.5, 0.6) is 0 Å². The van der Waals surface area contributed by atoms with Crippen molar-refractivity contribution in [2.45, 2.75) is 39.3 Å². The average molecular weight is 305 g/mol. The molecule has 2 rings (SSSR count). The van der Waals surface area contributed by atoms with E-state index in [9.17, 15) is 9.59 Å². The van der Waals surface area contributed by atoms with Gasteiger partial charge >= 0.3 is 0 Å². The molecule has 1 atom stereocenters. The first-order valence-electron chi connectivity index (χ1n) is 7.04. The van der Waals surface area contributed by atoms with E-state index in [0.717, 1.165) is 6.42 Å². The number of fused-ring (bicyclic) bond motifs is 1. The molecule has 0 aliphatic heterocycles. The minimum Gasteiger partial charge on any atom is -0.354 e. The fraction of sp³-hybridized carbons (Fsp3) is 0.400. The van der Waals surface area contributed by atoms with Gasteiger partial charge in [-0.05, 0) is 37.7 Å². The van der Waals surface area contributed by atoms with Crippen molar-refractivity contribution in [2.75, 3.05) is 0 Å². The van der Waals surface area contributed by atoms with Crippen molar-refractivity contribution < 1.29 is 4.79 Å². The van der Waals surface area contributed by atoms with Gasteiger partial charge in [-0.15, -0.1) is 0 Å². The number of carbonyl (C=O) groups excluding carboxylic acids is 1. The molecule has 5 nitrogen and oxygen atoms in total. The van der Waals surface area contributed by atoms with Crippen LogP contribution in [0.15, 0.2) is 29.1 Å². The summed E-state index contributed by atoms with van der Waals surface area (Å²) in [6, 6.07) is 7.35. The normalized spacial score (nSPS) is 12.3. The Bertz CT molecular complexity index is 763. The SMILES string of the molecule is CCC(C)NC(=O)CCn1c(=S)[nH]c2ccccc2c1=O. The van der Waals surface area contributed by atoms with Crippen LogP contribution in [0.4, 0.5) is 0 Å². The van der Waals surface area contributed by atoms with E-state index < -0.39 is 0 Å². The minimum atomic E-state index is -0.161. The predicted octanol–water partition coefficient (Wildman–Crippen LogP) is 2.36. The van der Waals surface area contributed by atoms with Crippen molar-refractivity contribution >= 4 is 29.0 Å². The van der Waals surface area contributed by atoms with Gasteiger partial charge in [0.15, 0.2) is 4.77 Å². The summed E-state index contributed by atoms with van der Waals surface area (Å²) in [6.45, 7) is 4.24. The van der Waals surface area contributed by atoms with Gasteiger partial charge in [-0.1, -0.05) is 19.1 Å². The first-order valence-corrected chi connectivity index (χ1v) is 7.45. The molecule has 0 fully saturated rings. The Morgan fingerprint density at radius 3 is 2.86 bits per heavy atom. The zero-order valence-corrected chi connectivity index (χ0v) is 13.0. The minimum absolute atomic E-state index is 0.0705. The first-order chi connectivity index (χ1) is 10.0. The highest BCUT2D eigenvalue weighted by atomic mass is 32.1. The van der Waals surface area contributed by atoms with Gasteiger partial charge in [-0.2, -0.15) is 0 Å². The average Bonchev–Trinajstić information content (AvgIpc) is 2.46. The maximum Gasteiger partial charge on any atom is 0.262 e. The molecule has 21 heavy (non-hydrogen) atoms. The van der Waals surface area contributed by atoms with Crippen molar-refractivity contribution in [3.05, 3.63) is 39.4 Å². The van der Waals surface area contributed by atoms with Crippen LogP contribution in [0.1, 0.15) is 26.7 Å². The molecule has 0 radical (unpaired) electrons. The van der Waals surface area contributed by atoms with Crippen LogP contribution < -0.4 is 10.9 Å². The molecular weight excluding hydrogens is 286 g/mol. The van der Waals surface area contributed by atoms with Crippen LogP contribution in [0.2, 0.25) is 0 Å². The number of hydrogen-bond donors (Lipinski definition) is 2. The largest absolute Gasteiger partial charge is 0.354 e. The fourth-order valence-electron chi connectivity index (χ4n) is 2.06. The van der Waals surface area contributed by atoms with Crippen LogP contribution in [-0.4, -0.2) is 21.5 Å². The van der Waals surface area contributed by atoms with Crippen LogP contribution in [0, 0.1) is 4.77 Å². The number of nitrogens with zero attached hydrogens (tertiary/aromatic N) is 1. The van der Waals surface area contributed by atoms with E-state index in [4.69, 9.17) is 12.2 Å². The maximum atomic E-state index is 12.4. The highest BCUT2D eigenvalue weighted by molar-refractivity contribution is 7.71. The zero-order valence-electron chi connectivity index (χ0n) is 12.2. The summed E-state index contributed by atoms with van der Waals surface area (Å²) in [5.74, 6) is -0.0705. The van der Waals surface area contributed by atoms with Gasteiger partial charge in [-0.25, -0.2) is 0 Å². The molecule has 112 valence electrons. The highest BCUT2D eigenvalue weighted by Gasteiger charge is 2.09. The lowest BCUT2D eigenvalue weighted by molar-refractivity contribution is -0.121. The molecule has 2 aromatic rings. The number of aromatic nitrogens is 2. The number of aromatic amines is 1. The number of hydrogen-bond acceptors (Lipinski definition) is 3. The van der Waals surface area contributed by atoms with Gasteiger partial charge in [-0.3, -0.25) is 14.2 Å². The molecule has 1 amide bonds. The second kappa shape index (κ2) is 6.67. The third-order valence-corrected chi connectivity index (χ3v) is 3.79. The Kier molecular flexibility index (Phi) is 4.90. The summed E-state index contributed by atoms with van der Waals surface area (Å²) in [5, 5.41) is 3.45. The number of para-hydroxylation sites is 1. The van der Waals surface area contributed by atoms with E-state index in [1.54, 1.807) is 12.1 Å². The Hall–Kier alpha value is -1.95. The molecule has 0 bridgehead atoms. The number of carbonyl (C=O) groups is 1. The summed E-state index contributed by atoms with van der Waals surface area (Å²) in [5.41, 5.74) is 0.554. The van der Waals surface area contributed by atoms with Crippen molar-refractivity contribution in [2.24, 2.45) is 0 Å². The Labute approximate surface area is 128 Å². The van der Waals surface area contributed by atoms with E-state index in [1.807, 2.05) is 26.0 Å². The Morgan fingerprint density at radius 2 is 2.14 bits per heavy atom. The third kappa shape index (κ3) is 3.58. The summed E-state index contributed by atoms with van der Waals surface area (Å²) in [6.07, 6.45) is 1.11. The van der Waals surface area contributed by atoms with E-state index in [2.05, 4.69) is 10.3 Å². The van der Waals surface area contributed by atoms with Gasteiger partial charge < -0.3 is 10.3 Å². The molecule has 0 saturated carbocycles. The van der Waals surface area contributed by atoms with Gasteiger partial charge in [0.05, 0.1) is 10.9 Å². The smallest absolute Gasteiger partial charge is 0.262 e. The lowest BCUT2D eigenvalue weighted by Gasteiger charge is -2.12. The van der Waals surface area contributed by atoms with E-state index >= 15 is 0 Å². The van der Waals surface area contributed by atoms with E-state index in [0.29, 0.717) is 15.7 Å². The molecular formula is C15H19N3O2S. The van der Waals surface area contributed by atoms with E-state index in [1.165, 1.54) is 4.57 Å². The van der Waals surface area contributed by atoms with Crippen molar-refractivity contribution in [1.29, 1.82) is 0 Å². The predicted molar refractivity (Wildman–Crippen MR) is 85.9 cm³/mol. The maximum absolute atomic E-state index is 12.4. The molecule has 0 saturated heterocycles. The van der Waals surface area contributed by atoms with Crippen molar-refractivity contribution in [3.63, 3.8) is 0 Å². The lowest BCUT2D eigenvalue weighted by Crippen LogP contribution is -2.33. The summed E-state index contributed by atoms with van der Waals surface area (Å²) >= 11 is 5.21. The van der Waals surface area contributed by atoms with Crippen LogP contribution in [0.3, 0.4) is 0 Å². The topological polar surface area (TPSA) is 66.9 Å². The molecule has 1 unspecified atom stereocenters. The Morgan fingerprint density at radius 1 is 1.43 bits per heavy atom. The molecule has 0 aliphatic carbocycles. The molecule has 1 aromatic heterocycles. The quantitative estimate of drug-likeness (QED) is 0.833. The number of rotatable bonds is 5. The summed E-state index contributed by atoms with van der Waals surface area (Å²) < 4.78 is 1.78. The monoisotopic (exact) mass is 305 g/mol. The Balaban J connectivity index is 2.21. The fourth-order valence-corrected chi connectivity index (χ4v) is 2.35. The molecule has 1 heterocycles. The third-order valence-electron chi connectivity index (χ3n) is 3.47. The highest BCUT2D eigenvalue weighted by Crippen LogP contribution is 2.06. The molecule has 0 spiro atoms. The van der Waals surface area contributed by atoms with Gasteiger partial charge in [0, 0.05) is 19.0 Å². The standard InChI is InChI=1S/C15H19N3O2S/c1-3-10(2)16-13(19)8-9-18-14(20)11-6-4-5-7-12(11)17-15(18)21/h4-7,10H,3,8-9H2,1-2H3,(H,16,19)(H,17,21). The second-order valence-corrected chi connectivity index (χ2v) is 5.45. The number of nitrogens with one attached hydrogen (secondary N) is 2.